The monoisotopic (exact) mass is 175 g/mol. The molecule has 1 nitrogen and oxygen atoms in total. The summed E-state index contributed by atoms with van der Waals surface area (Å²) in [5.41, 5.74) is 2.91. The van der Waals surface area contributed by atoms with Gasteiger partial charge in [-0.2, -0.15) is 0 Å². The highest BCUT2D eigenvalue weighted by atomic mass is 15.0. The summed E-state index contributed by atoms with van der Waals surface area (Å²) in [6, 6.07) is 9.57. The lowest BCUT2D eigenvalue weighted by atomic mass is 9.93. The molecular formula is C12H17N. The van der Waals surface area contributed by atoms with Crippen LogP contribution in [0.1, 0.15) is 43.4 Å². The maximum Gasteiger partial charge on any atom is 0.0332 e. The molecule has 0 saturated carbocycles. The summed E-state index contributed by atoms with van der Waals surface area (Å²) in [6.45, 7) is 5.66. The first-order chi connectivity index (χ1) is 6.27. The Bertz CT molecular complexity index is 287. The number of nitrogens with one attached hydrogen (secondary N) is 1. The normalized spacial score (nSPS) is 21.6. The van der Waals surface area contributed by atoms with Gasteiger partial charge in [-0.25, -0.2) is 0 Å². The van der Waals surface area contributed by atoms with Gasteiger partial charge in [-0.1, -0.05) is 38.1 Å². The fourth-order valence-corrected chi connectivity index (χ4v) is 1.71. The van der Waals surface area contributed by atoms with E-state index in [1.807, 2.05) is 0 Å². The maximum atomic E-state index is 3.43. The van der Waals surface area contributed by atoms with Crippen molar-refractivity contribution in [2.45, 2.75) is 32.2 Å². The largest absolute Gasteiger partial charge is 0.310 e. The molecule has 1 atom stereocenters. The van der Waals surface area contributed by atoms with E-state index in [2.05, 4.69) is 43.4 Å². The molecule has 0 aromatic heterocycles. The highest BCUT2D eigenvalue weighted by molar-refractivity contribution is 5.28. The van der Waals surface area contributed by atoms with Crippen LogP contribution in [-0.4, -0.2) is 6.54 Å². The lowest BCUT2D eigenvalue weighted by molar-refractivity contribution is 0.383. The van der Waals surface area contributed by atoms with E-state index in [9.17, 15) is 0 Å². The fourth-order valence-electron chi connectivity index (χ4n) is 1.71. The van der Waals surface area contributed by atoms with Gasteiger partial charge in [-0.05, 0) is 30.0 Å². The molecule has 1 unspecified atom stereocenters. The van der Waals surface area contributed by atoms with Crippen LogP contribution in [0.5, 0.6) is 0 Å². The summed E-state index contributed by atoms with van der Waals surface area (Å²) in [4.78, 5) is 0. The van der Waals surface area contributed by atoms with Crippen LogP contribution in [0.2, 0.25) is 0 Å². The average molecular weight is 175 g/mol. The van der Waals surface area contributed by atoms with Crippen molar-refractivity contribution in [3.8, 4) is 0 Å². The van der Waals surface area contributed by atoms with E-state index < -0.39 is 0 Å². The van der Waals surface area contributed by atoms with Crippen molar-refractivity contribution >= 4 is 0 Å². The molecule has 70 valence electrons. The smallest absolute Gasteiger partial charge is 0.0332 e. The van der Waals surface area contributed by atoms with Crippen molar-refractivity contribution < 1.29 is 0 Å². The third-order valence-electron chi connectivity index (χ3n) is 2.80. The Kier molecular flexibility index (Phi) is 2.36. The van der Waals surface area contributed by atoms with Crippen LogP contribution in [0.15, 0.2) is 24.3 Å². The Morgan fingerprint density at radius 3 is 2.69 bits per heavy atom. The first-order valence-electron chi connectivity index (χ1n) is 5.10. The summed E-state index contributed by atoms with van der Waals surface area (Å²) in [6.07, 6.45) is 1.29. The average Bonchev–Trinajstić information content (AvgIpc) is 2.01. The Hall–Kier alpha value is -0.820. The lowest BCUT2D eigenvalue weighted by Crippen LogP contribution is -2.34. The van der Waals surface area contributed by atoms with Gasteiger partial charge in [0.1, 0.15) is 0 Å². The third kappa shape index (κ3) is 1.75. The van der Waals surface area contributed by atoms with Crippen molar-refractivity contribution in [2.24, 2.45) is 0 Å². The minimum Gasteiger partial charge on any atom is -0.310 e. The first kappa shape index (κ1) is 8.76. The zero-order valence-corrected chi connectivity index (χ0v) is 8.38. The zero-order valence-electron chi connectivity index (χ0n) is 8.38. The predicted molar refractivity (Wildman–Crippen MR) is 55.9 cm³/mol. The molecule has 0 spiro atoms. The van der Waals surface area contributed by atoms with Crippen LogP contribution in [0.3, 0.4) is 0 Å². The second-order valence-electron chi connectivity index (χ2n) is 4.12. The maximum absolute atomic E-state index is 3.43. The predicted octanol–water partition coefficient (Wildman–Crippen LogP) is 2.84. The quantitative estimate of drug-likeness (QED) is 0.728. The van der Waals surface area contributed by atoms with Gasteiger partial charge in [-0.3, -0.25) is 0 Å². The molecular weight excluding hydrogens is 158 g/mol. The van der Waals surface area contributed by atoms with Crippen LogP contribution in [-0.2, 0) is 0 Å². The minimum atomic E-state index is 0.624. The van der Waals surface area contributed by atoms with Crippen molar-refractivity contribution in [3.05, 3.63) is 35.4 Å². The van der Waals surface area contributed by atoms with Gasteiger partial charge in [0.25, 0.3) is 0 Å². The SMILES string of the molecule is CC(C)c1cccc(C2CCN2)c1. The van der Waals surface area contributed by atoms with Crippen LogP contribution in [0, 0.1) is 0 Å². The molecule has 1 aromatic carbocycles. The Balaban J connectivity index is 2.21. The van der Waals surface area contributed by atoms with Gasteiger partial charge in [0.05, 0.1) is 0 Å². The van der Waals surface area contributed by atoms with E-state index in [4.69, 9.17) is 0 Å². The summed E-state index contributed by atoms with van der Waals surface area (Å²) < 4.78 is 0. The van der Waals surface area contributed by atoms with Crippen LogP contribution < -0.4 is 5.32 Å². The Morgan fingerprint density at radius 2 is 2.15 bits per heavy atom. The standard InChI is InChI=1S/C12H17N/c1-9(2)10-4-3-5-11(8-10)12-6-7-13-12/h3-5,8-9,12-13H,6-7H2,1-2H3. The van der Waals surface area contributed by atoms with Gasteiger partial charge in [0.2, 0.25) is 0 Å². The number of hydrogen-bond donors (Lipinski definition) is 1. The molecule has 1 heterocycles. The van der Waals surface area contributed by atoms with Gasteiger partial charge in [0.15, 0.2) is 0 Å². The molecule has 1 saturated heterocycles. The van der Waals surface area contributed by atoms with E-state index >= 15 is 0 Å². The van der Waals surface area contributed by atoms with Crippen molar-refractivity contribution in [1.29, 1.82) is 0 Å². The molecule has 0 amide bonds. The van der Waals surface area contributed by atoms with Gasteiger partial charge < -0.3 is 5.32 Å². The number of hydrogen-bond acceptors (Lipinski definition) is 1. The highest BCUT2D eigenvalue weighted by Crippen LogP contribution is 2.25. The molecule has 0 bridgehead atoms. The summed E-state index contributed by atoms with van der Waals surface area (Å²) in [5, 5.41) is 3.43. The summed E-state index contributed by atoms with van der Waals surface area (Å²) >= 11 is 0. The fraction of sp³-hybridized carbons (Fsp3) is 0.500. The first-order valence-corrected chi connectivity index (χ1v) is 5.10. The van der Waals surface area contributed by atoms with E-state index in [0.29, 0.717) is 12.0 Å². The Labute approximate surface area is 80.2 Å². The zero-order chi connectivity index (χ0) is 9.26. The highest BCUT2D eigenvalue weighted by Gasteiger charge is 2.18. The van der Waals surface area contributed by atoms with E-state index in [1.54, 1.807) is 0 Å². The second-order valence-corrected chi connectivity index (χ2v) is 4.12. The molecule has 1 aromatic rings. The molecule has 13 heavy (non-hydrogen) atoms. The number of rotatable bonds is 2. The molecule has 1 aliphatic rings. The lowest BCUT2D eigenvalue weighted by Gasteiger charge is -2.28. The summed E-state index contributed by atoms with van der Waals surface area (Å²) in [5.74, 6) is 0.639. The molecule has 0 radical (unpaired) electrons. The van der Waals surface area contributed by atoms with Crippen molar-refractivity contribution in [1.82, 2.24) is 5.32 Å². The van der Waals surface area contributed by atoms with E-state index in [1.165, 1.54) is 24.1 Å². The molecule has 1 fully saturated rings. The molecule has 1 N–H and O–H groups in total. The topological polar surface area (TPSA) is 12.0 Å². The van der Waals surface area contributed by atoms with Gasteiger partial charge in [-0.15, -0.1) is 0 Å². The molecule has 1 heteroatoms. The molecule has 1 aliphatic heterocycles. The second kappa shape index (κ2) is 3.51. The van der Waals surface area contributed by atoms with Crippen LogP contribution in [0.25, 0.3) is 0 Å². The van der Waals surface area contributed by atoms with Crippen LogP contribution in [0.4, 0.5) is 0 Å². The summed E-state index contributed by atoms with van der Waals surface area (Å²) in [7, 11) is 0. The molecule has 2 rings (SSSR count). The molecule has 0 aliphatic carbocycles. The van der Waals surface area contributed by atoms with Gasteiger partial charge in [0, 0.05) is 6.04 Å². The van der Waals surface area contributed by atoms with E-state index in [-0.39, 0.29) is 0 Å². The Morgan fingerprint density at radius 1 is 1.38 bits per heavy atom. The van der Waals surface area contributed by atoms with E-state index in [0.717, 1.165) is 0 Å². The minimum absolute atomic E-state index is 0.624. The van der Waals surface area contributed by atoms with Crippen molar-refractivity contribution in [3.63, 3.8) is 0 Å². The van der Waals surface area contributed by atoms with Crippen molar-refractivity contribution in [2.75, 3.05) is 6.54 Å². The third-order valence-corrected chi connectivity index (χ3v) is 2.80. The number of benzene rings is 1. The van der Waals surface area contributed by atoms with Crippen LogP contribution >= 0.6 is 0 Å². The van der Waals surface area contributed by atoms with Gasteiger partial charge >= 0.3 is 0 Å².